The molecule has 0 fully saturated rings. The third-order valence-electron chi connectivity index (χ3n) is 3.78. The number of ether oxygens (including phenoxy) is 1. The van der Waals surface area contributed by atoms with Gasteiger partial charge in [-0.3, -0.25) is 9.59 Å². The average molecular weight is 319 g/mol. The minimum Gasteiger partial charge on any atom is -0.508 e. The number of amides is 1. The number of rotatable bonds is 7. The summed E-state index contributed by atoms with van der Waals surface area (Å²) in [5, 5.41) is 19.5. The van der Waals surface area contributed by atoms with Gasteiger partial charge in [0.25, 0.3) is 5.91 Å². The van der Waals surface area contributed by atoms with Crippen molar-refractivity contribution in [3.63, 3.8) is 0 Å². The molecule has 1 aliphatic heterocycles. The van der Waals surface area contributed by atoms with E-state index in [1.54, 1.807) is 12.1 Å². The van der Waals surface area contributed by atoms with E-state index in [4.69, 9.17) is 4.74 Å². The Morgan fingerprint density at radius 3 is 2.48 bits per heavy atom. The number of carbonyl (C=O) groups is 2. The minimum atomic E-state index is -0.637. The summed E-state index contributed by atoms with van der Waals surface area (Å²) in [7, 11) is 0. The van der Waals surface area contributed by atoms with E-state index in [1.165, 1.54) is 24.0 Å². The first-order chi connectivity index (χ1) is 11.0. The Kier molecular flexibility index (Phi) is 5.39. The first kappa shape index (κ1) is 17.0. The van der Waals surface area contributed by atoms with Gasteiger partial charge in [0.05, 0.1) is 11.6 Å². The molecule has 1 aromatic carbocycles. The third kappa shape index (κ3) is 3.53. The highest BCUT2D eigenvalue weighted by Crippen LogP contribution is 2.38. The van der Waals surface area contributed by atoms with Gasteiger partial charge in [0.2, 0.25) is 0 Å². The predicted octanol–water partition coefficient (Wildman–Crippen LogP) is 2.10. The maximum absolute atomic E-state index is 12.3. The summed E-state index contributed by atoms with van der Waals surface area (Å²) < 4.78 is 5.27. The lowest BCUT2D eigenvalue weighted by atomic mass is 9.96. The van der Waals surface area contributed by atoms with E-state index in [-0.39, 0.29) is 17.1 Å². The molecule has 0 saturated carbocycles. The Morgan fingerprint density at radius 1 is 1.26 bits per heavy atom. The van der Waals surface area contributed by atoms with Crippen molar-refractivity contribution in [2.45, 2.75) is 26.3 Å². The third-order valence-corrected chi connectivity index (χ3v) is 3.78. The highest BCUT2D eigenvalue weighted by molar-refractivity contribution is 6.08. The molecule has 1 amide bonds. The summed E-state index contributed by atoms with van der Waals surface area (Å²) in [4.78, 5) is 25.7. The predicted molar refractivity (Wildman–Crippen MR) is 84.0 cm³/mol. The van der Waals surface area contributed by atoms with Crippen LogP contribution >= 0.6 is 0 Å². The zero-order valence-corrected chi connectivity index (χ0v) is 13.3. The molecule has 6 heteroatoms. The summed E-state index contributed by atoms with van der Waals surface area (Å²) >= 11 is 0. The fourth-order valence-corrected chi connectivity index (χ4v) is 2.73. The highest BCUT2D eigenvalue weighted by Gasteiger charge is 2.41. The van der Waals surface area contributed by atoms with E-state index in [0.717, 1.165) is 0 Å². The van der Waals surface area contributed by atoms with Gasteiger partial charge < -0.3 is 19.8 Å². The quantitative estimate of drug-likeness (QED) is 0.752. The number of benzene rings is 1. The van der Waals surface area contributed by atoms with Gasteiger partial charge >= 0.3 is 0 Å². The maximum Gasteiger partial charge on any atom is 0.290 e. The number of aliphatic hydroxyl groups excluding tert-OH is 1. The number of aromatic hydroxyl groups is 1. The fraction of sp³-hybridized carbons (Fsp3) is 0.412. The number of carbonyl (C=O) groups excluding carboxylic acids is 2. The lowest BCUT2D eigenvalue weighted by Crippen LogP contribution is -2.32. The van der Waals surface area contributed by atoms with Crippen LogP contribution in [0.2, 0.25) is 0 Å². The molecule has 0 spiro atoms. The van der Waals surface area contributed by atoms with Crippen molar-refractivity contribution in [1.82, 2.24) is 4.90 Å². The van der Waals surface area contributed by atoms with Gasteiger partial charge in [-0.15, -0.1) is 0 Å². The Hall–Kier alpha value is -2.34. The molecule has 1 aromatic rings. The van der Waals surface area contributed by atoms with Gasteiger partial charge in [-0.1, -0.05) is 12.1 Å². The normalized spacial score (nSPS) is 17.9. The van der Waals surface area contributed by atoms with Gasteiger partial charge in [0.15, 0.2) is 11.5 Å². The van der Waals surface area contributed by atoms with Crippen molar-refractivity contribution in [1.29, 1.82) is 0 Å². The summed E-state index contributed by atoms with van der Waals surface area (Å²) in [6.07, 6.45) is 0.604. The first-order valence-corrected chi connectivity index (χ1v) is 7.59. The summed E-state index contributed by atoms with van der Waals surface area (Å²) in [5.74, 6) is -1.29. The van der Waals surface area contributed by atoms with Gasteiger partial charge in [-0.05, 0) is 38.0 Å². The molecule has 0 bridgehead atoms. The summed E-state index contributed by atoms with van der Waals surface area (Å²) in [6, 6.07) is 5.63. The summed E-state index contributed by atoms with van der Waals surface area (Å²) in [6.45, 7) is 4.68. The molecule has 0 saturated heterocycles. The van der Waals surface area contributed by atoms with E-state index < -0.39 is 17.7 Å². The van der Waals surface area contributed by atoms with Crippen LogP contribution in [-0.4, -0.2) is 46.6 Å². The number of Topliss-reactive ketones (excluding diaryl/α,β-unsaturated/α-hetero) is 1. The Bertz CT molecular complexity index is 620. The van der Waals surface area contributed by atoms with E-state index in [1.807, 2.05) is 6.92 Å². The lowest BCUT2D eigenvalue weighted by Gasteiger charge is -2.26. The average Bonchev–Trinajstić information content (AvgIpc) is 2.77. The monoisotopic (exact) mass is 319 g/mol. The number of phenols is 1. The fourth-order valence-electron chi connectivity index (χ4n) is 2.73. The van der Waals surface area contributed by atoms with E-state index >= 15 is 0 Å². The molecule has 23 heavy (non-hydrogen) atoms. The van der Waals surface area contributed by atoms with Gasteiger partial charge in [-0.25, -0.2) is 0 Å². The molecular weight excluding hydrogens is 298 g/mol. The molecule has 2 rings (SSSR count). The summed E-state index contributed by atoms with van der Waals surface area (Å²) in [5.41, 5.74) is 0.763. The largest absolute Gasteiger partial charge is 0.508 e. The molecule has 1 aliphatic rings. The van der Waals surface area contributed by atoms with Crippen LogP contribution in [0.1, 0.15) is 31.9 Å². The second-order valence-electron chi connectivity index (χ2n) is 5.36. The van der Waals surface area contributed by atoms with Gasteiger partial charge in [0.1, 0.15) is 5.75 Å². The van der Waals surface area contributed by atoms with Crippen LogP contribution < -0.4 is 0 Å². The van der Waals surface area contributed by atoms with Crippen LogP contribution in [0.3, 0.4) is 0 Å². The van der Waals surface area contributed by atoms with Crippen molar-refractivity contribution >= 4 is 11.7 Å². The zero-order chi connectivity index (χ0) is 17.0. The van der Waals surface area contributed by atoms with Crippen LogP contribution in [0.15, 0.2) is 35.6 Å². The second kappa shape index (κ2) is 7.28. The molecule has 6 nitrogen and oxygen atoms in total. The zero-order valence-electron chi connectivity index (χ0n) is 13.3. The Morgan fingerprint density at radius 2 is 1.91 bits per heavy atom. The smallest absolute Gasteiger partial charge is 0.290 e. The number of hydrogen-bond acceptors (Lipinski definition) is 5. The Balaban J connectivity index is 2.31. The van der Waals surface area contributed by atoms with Gasteiger partial charge in [-0.2, -0.15) is 0 Å². The molecule has 0 radical (unpaired) electrons. The highest BCUT2D eigenvalue weighted by atomic mass is 16.5. The SMILES string of the molecule is CCOCCCN1C(=O)C(O)=C(C(C)=O)[C@H]1c1ccc(O)cc1. The van der Waals surface area contributed by atoms with E-state index in [0.29, 0.717) is 31.7 Å². The van der Waals surface area contributed by atoms with E-state index in [9.17, 15) is 19.8 Å². The van der Waals surface area contributed by atoms with Crippen molar-refractivity contribution in [2.75, 3.05) is 19.8 Å². The molecule has 2 N–H and O–H groups in total. The minimum absolute atomic E-state index is 0.0945. The number of aliphatic hydroxyl groups is 1. The van der Waals surface area contributed by atoms with Crippen LogP contribution in [0.5, 0.6) is 5.75 Å². The molecule has 0 unspecified atom stereocenters. The standard InChI is InChI=1S/C17H21NO5/c1-3-23-10-4-9-18-15(12-5-7-13(20)8-6-12)14(11(2)19)16(21)17(18)22/h5-8,15,20-21H,3-4,9-10H2,1-2H3/t15-/m1/s1. The molecular formula is C17H21NO5. The molecule has 0 aliphatic carbocycles. The molecule has 124 valence electrons. The van der Waals surface area contributed by atoms with Crippen molar-refractivity contribution < 1.29 is 24.5 Å². The van der Waals surface area contributed by atoms with E-state index in [2.05, 4.69) is 0 Å². The van der Waals surface area contributed by atoms with Crippen molar-refractivity contribution in [2.24, 2.45) is 0 Å². The van der Waals surface area contributed by atoms with Crippen molar-refractivity contribution in [3.05, 3.63) is 41.2 Å². The van der Waals surface area contributed by atoms with Crippen molar-refractivity contribution in [3.8, 4) is 5.75 Å². The number of hydrogen-bond donors (Lipinski definition) is 2. The number of ketones is 1. The second-order valence-corrected chi connectivity index (χ2v) is 5.36. The number of nitrogens with zero attached hydrogens (tertiary/aromatic N) is 1. The Labute approximate surface area is 135 Å². The van der Waals surface area contributed by atoms with Crippen LogP contribution in [0.25, 0.3) is 0 Å². The lowest BCUT2D eigenvalue weighted by molar-refractivity contribution is -0.129. The molecule has 1 heterocycles. The van der Waals surface area contributed by atoms with Crippen LogP contribution in [-0.2, 0) is 14.3 Å². The van der Waals surface area contributed by atoms with Crippen LogP contribution in [0.4, 0.5) is 0 Å². The molecule has 1 atom stereocenters. The number of phenolic OH excluding ortho intramolecular Hbond substituents is 1. The first-order valence-electron chi connectivity index (χ1n) is 7.59. The van der Waals surface area contributed by atoms with Crippen LogP contribution in [0, 0.1) is 0 Å². The topological polar surface area (TPSA) is 87.1 Å². The molecule has 0 aromatic heterocycles. The van der Waals surface area contributed by atoms with Gasteiger partial charge in [0, 0.05) is 19.8 Å². The maximum atomic E-state index is 12.3.